The van der Waals surface area contributed by atoms with Gasteiger partial charge in [0, 0.05) is 0 Å². The molecule has 3 heteroatoms. The molecule has 0 bridgehead atoms. The number of hydrogen-bond donors (Lipinski definition) is 2. The van der Waals surface area contributed by atoms with Crippen molar-refractivity contribution in [3.63, 3.8) is 0 Å². The van der Waals surface area contributed by atoms with Crippen molar-refractivity contribution in [2.24, 2.45) is 0 Å². The number of benzene rings is 1. The number of aliphatic hydroxyl groups is 1. The van der Waals surface area contributed by atoms with Crippen LogP contribution in [-0.4, -0.2) is 25.8 Å². The smallest absolute Gasteiger partial charge is 0.118 e. The molecular formula is C12H19NO2. The zero-order valence-electron chi connectivity index (χ0n) is 9.36. The third-order valence-corrected chi connectivity index (χ3v) is 2.40. The molecule has 1 rings (SSSR count). The summed E-state index contributed by atoms with van der Waals surface area (Å²) in [5, 5.41) is 12.9. The lowest BCUT2D eigenvalue weighted by molar-refractivity contribution is 0.164. The highest BCUT2D eigenvalue weighted by atomic mass is 16.5. The van der Waals surface area contributed by atoms with E-state index in [4.69, 9.17) is 4.74 Å². The van der Waals surface area contributed by atoms with Crippen LogP contribution in [-0.2, 0) is 0 Å². The van der Waals surface area contributed by atoms with Gasteiger partial charge in [0.05, 0.1) is 13.2 Å². The fraction of sp³-hybridized carbons (Fsp3) is 0.500. The number of ether oxygens (including phenoxy) is 1. The molecule has 15 heavy (non-hydrogen) atoms. The Morgan fingerprint density at radius 1 is 1.33 bits per heavy atom. The van der Waals surface area contributed by atoms with Crippen LogP contribution in [0.2, 0.25) is 0 Å². The Balaban J connectivity index is 2.46. The fourth-order valence-corrected chi connectivity index (χ4v) is 1.46. The molecule has 0 amide bonds. The molecule has 0 saturated carbocycles. The predicted octanol–water partition coefficient (Wildman–Crippen LogP) is 1.73. The molecule has 1 aromatic carbocycles. The minimum atomic E-state index is -0.371. The second-order valence-electron chi connectivity index (χ2n) is 3.53. The summed E-state index contributed by atoms with van der Waals surface area (Å²) in [6.45, 7) is 0.938. The first-order chi connectivity index (χ1) is 7.27. The summed E-state index contributed by atoms with van der Waals surface area (Å²) in [6, 6.07) is 7.55. The van der Waals surface area contributed by atoms with Gasteiger partial charge >= 0.3 is 0 Å². The second-order valence-corrected chi connectivity index (χ2v) is 3.53. The van der Waals surface area contributed by atoms with Gasteiger partial charge in [0.25, 0.3) is 0 Å². The Labute approximate surface area is 91.1 Å². The van der Waals surface area contributed by atoms with E-state index in [-0.39, 0.29) is 6.10 Å². The molecule has 0 fully saturated rings. The summed E-state index contributed by atoms with van der Waals surface area (Å²) >= 11 is 0. The SMILES string of the molecule is CNCCCC(O)c1ccc(OC)cc1. The van der Waals surface area contributed by atoms with Gasteiger partial charge in [-0.1, -0.05) is 12.1 Å². The molecular weight excluding hydrogens is 190 g/mol. The summed E-state index contributed by atoms with van der Waals surface area (Å²) in [5.74, 6) is 0.821. The number of aliphatic hydroxyl groups excluding tert-OH is 1. The van der Waals surface area contributed by atoms with Crippen LogP contribution in [0.4, 0.5) is 0 Å². The van der Waals surface area contributed by atoms with Gasteiger partial charge in [-0.2, -0.15) is 0 Å². The first-order valence-corrected chi connectivity index (χ1v) is 5.24. The second kappa shape index (κ2) is 6.43. The maximum atomic E-state index is 9.84. The molecule has 0 aliphatic rings. The highest BCUT2D eigenvalue weighted by Crippen LogP contribution is 2.20. The molecule has 0 saturated heterocycles. The topological polar surface area (TPSA) is 41.5 Å². The van der Waals surface area contributed by atoms with E-state index in [0.717, 1.165) is 30.7 Å². The highest BCUT2D eigenvalue weighted by molar-refractivity contribution is 5.28. The summed E-state index contributed by atoms with van der Waals surface area (Å²) in [5.41, 5.74) is 0.951. The zero-order chi connectivity index (χ0) is 11.1. The molecule has 0 spiro atoms. The molecule has 0 aromatic heterocycles. The summed E-state index contributed by atoms with van der Waals surface area (Å²) in [7, 11) is 3.55. The number of methoxy groups -OCH3 is 1. The van der Waals surface area contributed by atoms with Crippen molar-refractivity contribution >= 4 is 0 Å². The third kappa shape index (κ3) is 3.90. The minimum absolute atomic E-state index is 0.371. The molecule has 1 aromatic rings. The van der Waals surface area contributed by atoms with E-state index in [0.29, 0.717) is 0 Å². The van der Waals surface area contributed by atoms with E-state index < -0.39 is 0 Å². The van der Waals surface area contributed by atoms with Crippen molar-refractivity contribution in [1.82, 2.24) is 5.32 Å². The first kappa shape index (κ1) is 12.0. The predicted molar refractivity (Wildman–Crippen MR) is 61.1 cm³/mol. The number of hydrogen-bond acceptors (Lipinski definition) is 3. The average Bonchev–Trinajstić information content (AvgIpc) is 2.29. The van der Waals surface area contributed by atoms with Gasteiger partial charge in [-0.05, 0) is 44.1 Å². The van der Waals surface area contributed by atoms with Gasteiger partial charge in [-0.25, -0.2) is 0 Å². The number of nitrogens with one attached hydrogen (secondary N) is 1. The summed E-state index contributed by atoms with van der Waals surface area (Å²) in [6.07, 6.45) is 1.39. The largest absolute Gasteiger partial charge is 0.497 e. The van der Waals surface area contributed by atoms with E-state index in [2.05, 4.69) is 5.32 Å². The Hall–Kier alpha value is -1.06. The van der Waals surface area contributed by atoms with Crippen molar-refractivity contribution in [1.29, 1.82) is 0 Å². The van der Waals surface area contributed by atoms with E-state index >= 15 is 0 Å². The van der Waals surface area contributed by atoms with E-state index in [1.165, 1.54) is 0 Å². The van der Waals surface area contributed by atoms with E-state index in [9.17, 15) is 5.11 Å². The average molecular weight is 209 g/mol. The van der Waals surface area contributed by atoms with Crippen molar-refractivity contribution in [2.75, 3.05) is 20.7 Å². The number of rotatable bonds is 6. The minimum Gasteiger partial charge on any atom is -0.497 e. The Morgan fingerprint density at radius 2 is 2.00 bits per heavy atom. The van der Waals surface area contributed by atoms with Crippen LogP contribution in [0.5, 0.6) is 5.75 Å². The molecule has 0 radical (unpaired) electrons. The van der Waals surface area contributed by atoms with Crippen molar-refractivity contribution in [2.45, 2.75) is 18.9 Å². The van der Waals surface area contributed by atoms with Crippen LogP contribution in [0, 0.1) is 0 Å². The quantitative estimate of drug-likeness (QED) is 0.701. The molecule has 1 atom stereocenters. The van der Waals surface area contributed by atoms with Crippen LogP contribution in [0.3, 0.4) is 0 Å². The maximum Gasteiger partial charge on any atom is 0.118 e. The van der Waals surface area contributed by atoms with Gasteiger partial charge in [0.15, 0.2) is 0 Å². The highest BCUT2D eigenvalue weighted by Gasteiger charge is 2.06. The molecule has 3 nitrogen and oxygen atoms in total. The standard InChI is InChI=1S/C12H19NO2/c1-13-9-3-4-12(14)10-5-7-11(15-2)8-6-10/h5-8,12-14H,3-4,9H2,1-2H3. The molecule has 2 N–H and O–H groups in total. The zero-order valence-corrected chi connectivity index (χ0v) is 9.36. The molecule has 84 valence electrons. The Kier molecular flexibility index (Phi) is 5.15. The van der Waals surface area contributed by atoms with Gasteiger partial charge < -0.3 is 15.2 Å². The lowest BCUT2D eigenvalue weighted by atomic mass is 10.0. The fourth-order valence-electron chi connectivity index (χ4n) is 1.46. The third-order valence-electron chi connectivity index (χ3n) is 2.40. The Morgan fingerprint density at radius 3 is 2.53 bits per heavy atom. The monoisotopic (exact) mass is 209 g/mol. The van der Waals surface area contributed by atoms with Gasteiger partial charge in [0.2, 0.25) is 0 Å². The maximum absolute atomic E-state index is 9.84. The molecule has 0 aliphatic carbocycles. The van der Waals surface area contributed by atoms with Crippen molar-refractivity contribution in [3.8, 4) is 5.75 Å². The molecule has 0 aliphatic heterocycles. The van der Waals surface area contributed by atoms with Crippen LogP contribution < -0.4 is 10.1 Å². The van der Waals surface area contributed by atoms with Gasteiger partial charge in [-0.15, -0.1) is 0 Å². The Bertz CT molecular complexity index is 271. The van der Waals surface area contributed by atoms with Gasteiger partial charge in [0.1, 0.15) is 5.75 Å². The van der Waals surface area contributed by atoms with Crippen LogP contribution >= 0.6 is 0 Å². The van der Waals surface area contributed by atoms with Crippen molar-refractivity contribution in [3.05, 3.63) is 29.8 Å². The lowest BCUT2D eigenvalue weighted by Crippen LogP contribution is -2.09. The summed E-state index contributed by atoms with van der Waals surface area (Å²) < 4.78 is 5.06. The van der Waals surface area contributed by atoms with Gasteiger partial charge in [-0.3, -0.25) is 0 Å². The van der Waals surface area contributed by atoms with Crippen LogP contribution in [0.15, 0.2) is 24.3 Å². The summed E-state index contributed by atoms with van der Waals surface area (Å²) in [4.78, 5) is 0. The van der Waals surface area contributed by atoms with Crippen molar-refractivity contribution < 1.29 is 9.84 Å². The molecule has 1 unspecified atom stereocenters. The first-order valence-electron chi connectivity index (χ1n) is 5.24. The normalized spacial score (nSPS) is 12.5. The molecule has 0 heterocycles. The lowest BCUT2D eigenvalue weighted by Gasteiger charge is -2.11. The van der Waals surface area contributed by atoms with Crippen LogP contribution in [0.1, 0.15) is 24.5 Å². The van der Waals surface area contributed by atoms with Crippen LogP contribution in [0.25, 0.3) is 0 Å². The van der Waals surface area contributed by atoms with E-state index in [1.54, 1.807) is 7.11 Å². The van der Waals surface area contributed by atoms with E-state index in [1.807, 2.05) is 31.3 Å².